The van der Waals surface area contributed by atoms with Crippen LogP contribution >= 0.6 is 23.2 Å². The minimum Gasteiger partial charge on any atom is -0.495 e. The number of fused-ring (bicyclic) bond motifs is 1. The van der Waals surface area contributed by atoms with Crippen LogP contribution < -0.4 is 14.8 Å². The van der Waals surface area contributed by atoms with Gasteiger partial charge in [0.05, 0.1) is 35.6 Å². The van der Waals surface area contributed by atoms with Crippen molar-refractivity contribution in [1.29, 1.82) is 0 Å². The molecule has 2 N–H and O–H groups in total. The van der Waals surface area contributed by atoms with Crippen molar-refractivity contribution in [3.8, 4) is 22.8 Å². The van der Waals surface area contributed by atoms with Crippen LogP contribution in [0.5, 0.6) is 11.5 Å². The molecular formula is C25H25Cl2N3O3. The molecule has 1 aromatic heterocycles. The van der Waals surface area contributed by atoms with Gasteiger partial charge >= 0.3 is 0 Å². The van der Waals surface area contributed by atoms with Crippen LogP contribution in [0.2, 0.25) is 10.0 Å². The average molecular weight is 486 g/mol. The minimum absolute atomic E-state index is 0.0766. The minimum atomic E-state index is -0.262. The normalized spacial score (nSPS) is 15.0. The topological polar surface area (TPSA) is 76.2 Å². The summed E-state index contributed by atoms with van der Waals surface area (Å²) < 4.78 is 10.9. The first-order valence-electron chi connectivity index (χ1n) is 10.6. The van der Waals surface area contributed by atoms with Crippen LogP contribution in [0.4, 0.5) is 5.69 Å². The van der Waals surface area contributed by atoms with Gasteiger partial charge in [0.25, 0.3) is 0 Å². The number of carbonyl (C=O) groups excluding carboxylic acids is 1. The summed E-state index contributed by atoms with van der Waals surface area (Å²) >= 11 is 13.3. The molecule has 33 heavy (non-hydrogen) atoms. The maximum Gasteiger partial charge on any atom is 0.247 e. The molecule has 4 rings (SSSR count). The van der Waals surface area contributed by atoms with Crippen LogP contribution in [0.25, 0.3) is 11.3 Å². The monoisotopic (exact) mass is 485 g/mol. The van der Waals surface area contributed by atoms with Crippen molar-refractivity contribution in [3.63, 3.8) is 0 Å². The number of rotatable bonds is 6. The molecule has 1 unspecified atom stereocenters. The van der Waals surface area contributed by atoms with Gasteiger partial charge in [-0.15, -0.1) is 0 Å². The van der Waals surface area contributed by atoms with E-state index in [0.29, 0.717) is 33.7 Å². The lowest BCUT2D eigenvalue weighted by Gasteiger charge is -2.26. The molecule has 1 aliphatic rings. The maximum absolute atomic E-state index is 12.0. The maximum atomic E-state index is 12.0. The SMILES string of the molecule is C=CC(=O)Nc1cc(C)ccc1-c1n[nH]c2c1CCC(c1c(Cl)c(OC)cc(OC)c1Cl)C2. The Morgan fingerprint density at radius 2 is 1.91 bits per heavy atom. The zero-order valence-electron chi connectivity index (χ0n) is 18.7. The number of halogens is 2. The number of ether oxygens (including phenoxy) is 2. The van der Waals surface area contributed by atoms with E-state index in [9.17, 15) is 4.79 Å². The summed E-state index contributed by atoms with van der Waals surface area (Å²) in [6.07, 6.45) is 3.56. The molecule has 0 saturated heterocycles. The van der Waals surface area contributed by atoms with Crippen molar-refractivity contribution in [2.45, 2.75) is 32.1 Å². The molecule has 2 aromatic carbocycles. The van der Waals surface area contributed by atoms with Gasteiger partial charge < -0.3 is 14.8 Å². The Morgan fingerprint density at radius 1 is 1.21 bits per heavy atom. The standard InChI is InChI=1S/C25H25Cl2N3O3/c1-5-21(31)28-17-10-13(2)6-8-15(17)25-16-9-7-14(11-18(16)29-30-25)22-23(26)19(32-3)12-20(33-4)24(22)27/h5-6,8,10,12,14H,1,7,9,11H2,2-4H3,(H,28,31)(H,29,30). The molecule has 1 aliphatic carbocycles. The highest BCUT2D eigenvalue weighted by Gasteiger charge is 2.31. The Labute approximate surface area is 202 Å². The third-order valence-electron chi connectivity index (χ3n) is 6.04. The van der Waals surface area contributed by atoms with Crippen LogP contribution in [0, 0.1) is 6.92 Å². The van der Waals surface area contributed by atoms with Gasteiger partial charge in [-0.2, -0.15) is 5.10 Å². The van der Waals surface area contributed by atoms with Gasteiger partial charge in [-0.3, -0.25) is 9.89 Å². The predicted molar refractivity (Wildman–Crippen MR) is 132 cm³/mol. The summed E-state index contributed by atoms with van der Waals surface area (Å²) in [5, 5.41) is 11.7. The van der Waals surface area contributed by atoms with Crippen molar-refractivity contribution in [3.05, 3.63) is 69.3 Å². The van der Waals surface area contributed by atoms with Crippen LogP contribution in [0.1, 0.15) is 34.7 Å². The summed E-state index contributed by atoms with van der Waals surface area (Å²) in [5.74, 6) is 0.882. The van der Waals surface area contributed by atoms with E-state index in [-0.39, 0.29) is 11.8 Å². The number of methoxy groups -OCH3 is 2. The number of nitrogens with one attached hydrogen (secondary N) is 2. The van der Waals surface area contributed by atoms with Gasteiger partial charge in [0.2, 0.25) is 5.91 Å². The molecule has 0 saturated carbocycles. The number of aromatic nitrogens is 2. The number of H-pyrrole nitrogens is 1. The van der Waals surface area contributed by atoms with Gasteiger partial charge in [0.15, 0.2) is 0 Å². The Morgan fingerprint density at radius 3 is 2.55 bits per heavy atom. The van der Waals surface area contributed by atoms with Crippen LogP contribution in [-0.4, -0.2) is 30.3 Å². The van der Waals surface area contributed by atoms with Crippen molar-refractivity contribution < 1.29 is 14.3 Å². The average Bonchev–Trinajstić information content (AvgIpc) is 3.22. The second-order valence-corrected chi connectivity index (χ2v) is 8.79. The second-order valence-electron chi connectivity index (χ2n) is 8.03. The summed E-state index contributed by atoms with van der Waals surface area (Å²) in [6, 6.07) is 7.63. The number of hydrogen-bond acceptors (Lipinski definition) is 4. The molecule has 1 heterocycles. The second kappa shape index (κ2) is 9.49. The molecule has 172 valence electrons. The fourth-order valence-electron chi connectivity index (χ4n) is 4.39. The lowest BCUT2D eigenvalue weighted by molar-refractivity contribution is -0.111. The van der Waals surface area contributed by atoms with Crippen LogP contribution in [-0.2, 0) is 17.6 Å². The molecule has 8 heteroatoms. The van der Waals surface area contributed by atoms with Crippen LogP contribution in [0.15, 0.2) is 36.9 Å². The summed E-state index contributed by atoms with van der Waals surface area (Å²) in [6.45, 7) is 5.52. The van der Waals surface area contributed by atoms with E-state index in [1.807, 2.05) is 25.1 Å². The van der Waals surface area contributed by atoms with E-state index in [2.05, 4.69) is 22.1 Å². The largest absolute Gasteiger partial charge is 0.495 e. The Kier molecular flexibility index (Phi) is 6.68. The quantitative estimate of drug-likeness (QED) is 0.413. The van der Waals surface area contributed by atoms with E-state index < -0.39 is 0 Å². The van der Waals surface area contributed by atoms with Gasteiger partial charge in [-0.1, -0.05) is 41.9 Å². The summed E-state index contributed by atoms with van der Waals surface area (Å²) in [4.78, 5) is 12.0. The van der Waals surface area contributed by atoms with Crippen molar-refractivity contribution in [2.24, 2.45) is 0 Å². The van der Waals surface area contributed by atoms with Gasteiger partial charge in [0, 0.05) is 28.5 Å². The fourth-order valence-corrected chi connectivity index (χ4v) is 5.20. The van der Waals surface area contributed by atoms with Crippen LogP contribution in [0.3, 0.4) is 0 Å². The number of anilines is 1. The number of hydrogen-bond donors (Lipinski definition) is 2. The number of nitrogens with zero attached hydrogens (tertiary/aromatic N) is 1. The van der Waals surface area contributed by atoms with Crippen molar-refractivity contribution >= 4 is 34.8 Å². The van der Waals surface area contributed by atoms with Gasteiger partial charge in [0.1, 0.15) is 11.5 Å². The molecule has 0 aliphatic heterocycles. The third-order valence-corrected chi connectivity index (χ3v) is 6.82. The van der Waals surface area contributed by atoms with Gasteiger partial charge in [-0.25, -0.2) is 0 Å². The fraction of sp³-hybridized carbons (Fsp3) is 0.280. The van der Waals surface area contributed by atoms with Crippen molar-refractivity contribution in [2.75, 3.05) is 19.5 Å². The molecular weight excluding hydrogens is 461 g/mol. The first-order valence-corrected chi connectivity index (χ1v) is 11.3. The zero-order chi connectivity index (χ0) is 23.7. The van der Waals surface area contributed by atoms with E-state index in [4.69, 9.17) is 32.7 Å². The number of benzene rings is 2. The number of aryl methyl sites for hydroxylation is 1. The molecule has 1 amide bonds. The highest BCUT2D eigenvalue weighted by atomic mass is 35.5. The zero-order valence-corrected chi connectivity index (χ0v) is 20.2. The van der Waals surface area contributed by atoms with E-state index in [1.54, 1.807) is 20.3 Å². The van der Waals surface area contributed by atoms with E-state index >= 15 is 0 Å². The number of carbonyl (C=O) groups is 1. The lowest BCUT2D eigenvalue weighted by Crippen LogP contribution is -2.14. The molecule has 0 radical (unpaired) electrons. The summed E-state index contributed by atoms with van der Waals surface area (Å²) in [7, 11) is 3.14. The highest BCUT2D eigenvalue weighted by molar-refractivity contribution is 6.38. The highest BCUT2D eigenvalue weighted by Crippen LogP contribution is 2.48. The first kappa shape index (κ1) is 23.2. The Bertz CT molecular complexity index is 1210. The van der Waals surface area contributed by atoms with E-state index in [1.165, 1.54) is 6.08 Å². The predicted octanol–water partition coefficient (Wildman–Crippen LogP) is 6.11. The first-order chi connectivity index (χ1) is 15.9. The molecule has 0 spiro atoms. The number of aromatic amines is 1. The Hall–Kier alpha value is -2.96. The molecule has 0 fully saturated rings. The summed E-state index contributed by atoms with van der Waals surface area (Å²) in [5.41, 5.74) is 6.43. The smallest absolute Gasteiger partial charge is 0.247 e. The molecule has 3 aromatic rings. The Balaban J connectivity index is 1.71. The third kappa shape index (κ3) is 4.33. The number of amides is 1. The lowest BCUT2D eigenvalue weighted by atomic mass is 9.81. The van der Waals surface area contributed by atoms with E-state index in [0.717, 1.165) is 46.5 Å². The molecule has 0 bridgehead atoms. The molecule has 6 nitrogen and oxygen atoms in total. The molecule has 1 atom stereocenters. The van der Waals surface area contributed by atoms with Crippen molar-refractivity contribution in [1.82, 2.24) is 10.2 Å². The van der Waals surface area contributed by atoms with Gasteiger partial charge in [-0.05, 0) is 49.8 Å².